The maximum Gasteiger partial charge on any atom is 0.257 e. The molecular weight excluding hydrogens is 304 g/mol. The standard InChI is InChI=1S/C19H22N2O3/c1-21(13-15-6-4-10-20-12-15)19(22)17-8-2-3-9-18(17)24-14-16-7-5-11-23-16/h2-4,6,8-10,12,16H,5,7,11,13-14H2,1H3. The number of hydrogen-bond acceptors (Lipinski definition) is 4. The molecule has 0 aliphatic carbocycles. The monoisotopic (exact) mass is 326 g/mol. The maximum atomic E-state index is 12.8. The van der Waals surface area contributed by atoms with Crippen LogP contribution in [0.2, 0.25) is 0 Å². The van der Waals surface area contributed by atoms with E-state index in [2.05, 4.69) is 4.98 Å². The van der Waals surface area contributed by atoms with Crippen LogP contribution in [0.1, 0.15) is 28.8 Å². The van der Waals surface area contributed by atoms with Gasteiger partial charge in [0.2, 0.25) is 0 Å². The fraction of sp³-hybridized carbons (Fsp3) is 0.368. The molecule has 0 bridgehead atoms. The van der Waals surface area contributed by atoms with E-state index in [0.29, 0.717) is 24.5 Å². The summed E-state index contributed by atoms with van der Waals surface area (Å²) in [6, 6.07) is 11.2. The molecule has 1 atom stereocenters. The number of carbonyl (C=O) groups excluding carboxylic acids is 1. The third-order valence-electron chi connectivity index (χ3n) is 4.06. The molecule has 24 heavy (non-hydrogen) atoms. The van der Waals surface area contributed by atoms with Gasteiger partial charge in [-0.05, 0) is 36.6 Å². The number of ether oxygens (including phenoxy) is 2. The lowest BCUT2D eigenvalue weighted by molar-refractivity contribution is 0.0656. The Kier molecular flexibility index (Phi) is 5.43. The number of pyridine rings is 1. The average molecular weight is 326 g/mol. The summed E-state index contributed by atoms with van der Waals surface area (Å²) in [4.78, 5) is 18.5. The van der Waals surface area contributed by atoms with E-state index in [1.807, 2.05) is 30.3 Å². The number of aromatic nitrogens is 1. The SMILES string of the molecule is CN(Cc1cccnc1)C(=O)c1ccccc1OCC1CCCO1. The second-order valence-corrected chi connectivity index (χ2v) is 5.96. The van der Waals surface area contributed by atoms with E-state index < -0.39 is 0 Å². The van der Waals surface area contributed by atoms with Crippen molar-refractivity contribution in [1.29, 1.82) is 0 Å². The van der Waals surface area contributed by atoms with Gasteiger partial charge in [-0.1, -0.05) is 18.2 Å². The third-order valence-corrected chi connectivity index (χ3v) is 4.06. The number of benzene rings is 1. The van der Waals surface area contributed by atoms with Crippen molar-refractivity contribution >= 4 is 5.91 Å². The Morgan fingerprint density at radius 2 is 2.21 bits per heavy atom. The Bertz CT molecular complexity index is 669. The minimum Gasteiger partial charge on any atom is -0.490 e. The number of amides is 1. The molecule has 1 unspecified atom stereocenters. The highest BCUT2D eigenvalue weighted by Crippen LogP contribution is 2.22. The third kappa shape index (κ3) is 4.11. The Hall–Kier alpha value is -2.40. The predicted octanol–water partition coefficient (Wildman–Crippen LogP) is 2.91. The lowest BCUT2D eigenvalue weighted by atomic mass is 10.1. The van der Waals surface area contributed by atoms with Crippen molar-refractivity contribution in [2.24, 2.45) is 0 Å². The van der Waals surface area contributed by atoms with Crippen molar-refractivity contribution in [3.8, 4) is 5.75 Å². The second kappa shape index (κ2) is 7.93. The molecule has 126 valence electrons. The summed E-state index contributed by atoms with van der Waals surface area (Å²) < 4.78 is 11.4. The predicted molar refractivity (Wildman–Crippen MR) is 90.9 cm³/mol. The van der Waals surface area contributed by atoms with E-state index in [4.69, 9.17) is 9.47 Å². The Balaban J connectivity index is 1.67. The van der Waals surface area contributed by atoms with Crippen molar-refractivity contribution in [3.05, 3.63) is 59.9 Å². The van der Waals surface area contributed by atoms with Gasteiger partial charge in [0.15, 0.2) is 0 Å². The van der Waals surface area contributed by atoms with Crippen LogP contribution in [-0.2, 0) is 11.3 Å². The molecule has 0 saturated carbocycles. The molecule has 1 aliphatic rings. The molecule has 2 aromatic rings. The van der Waals surface area contributed by atoms with Crippen molar-refractivity contribution in [2.45, 2.75) is 25.5 Å². The van der Waals surface area contributed by atoms with Crippen LogP contribution < -0.4 is 4.74 Å². The molecule has 1 aromatic carbocycles. The van der Waals surface area contributed by atoms with Crippen molar-refractivity contribution < 1.29 is 14.3 Å². The van der Waals surface area contributed by atoms with Gasteiger partial charge >= 0.3 is 0 Å². The molecule has 5 heteroatoms. The molecular formula is C19H22N2O3. The fourth-order valence-electron chi connectivity index (χ4n) is 2.77. The summed E-state index contributed by atoms with van der Waals surface area (Å²) in [5, 5.41) is 0. The zero-order chi connectivity index (χ0) is 16.8. The van der Waals surface area contributed by atoms with E-state index in [1.165, 1.54) is 0 Å². The van der Waals surface area contributed by atoms with Gasteiger partial charge in [0, 0.05) is 32.6 Å². The van der Waals surface area contributed by atoms with Crippen LogP contribution in [0.3, 0.4) is 0 Å². The van der Waals surface area contributed by atoms with E-state index in [-0.39, 0.29) is 12.0 Å². The Morgan fingerprint density at radius 3 is 2.96 bits per heavy atom. The molecule has 2 heterocycles. The summed E-state index contributed by atoms with van der Waals surface area (Å²) in [7, 11) is 1.78. The average Bonchev–Trinajstić information content (AvgIpc) is 3.14. The number of carbonyl (C=O) groups is 1. The van der Waals surface area contributed by atoms with Crippen molar-refractivity contribution in [2.75, 3.05) is 20.3 Å². The Labute approximate surface area is 142 Å². The number of hydrogen-bond donors (Lipinski definition) is 0. The second-order valence-electron chi connectivity index (χ2n) is 5.96. The summed E-state index contributed by atoms with van der Waals surface area (Å²) in [6.45, 7) is 1.78. The zero-order valence-electron chi connectivity index (χ0n) is 13.9. The van der Waals surface area contributed by atoms with Crippen LogP contribution in [0.15, 0.2) is 48.8 Å². The van der Waals surface area contributed by atoms with Gasteiger partial charge in [-0.15, -0.1) is 0 Å². The summed E-state index contributed by atoms with van der Waals surface area (Å²) in [5.41, 5.74) is 1.56. The van der Waals surface area contributed by atoms with E-state index >= 15 is 0 Å². The van der Waals surface area contributed by atoms with Crippen LogP contribution >= 0.6 is 0 Å². The molecule has 0 radical (unpaired) electrons. The highest BCUT2D eigenvalue weighted by Gasteiger charge is 2.20. The van der Waals surface area contributed by atoms with E-state index in [9.17, 15) is 4.79 Å². The lowest BCUT2D eigenvalue weighted by Gasteiger charge is -2.20. The van der Waals surface area contributed by atoms with Crippen LogP contribution in [0.4, 0.5) is 0 Å². The van der Waals surface area contributed by atoms with Crippen LogP contribution in [0, 0.1) is 0 Å². The highest BCUT2D eigenvalue weighted by atomic mass is 16.5. The quantitative estimate of drug-likeness (QED) is 0.819. The molecule has 1 fully saturated rings. The normalized spacial score (nSPS) is 16.8. The summed E-state index contributed by atoms with van der Waals surface area (Å²) in [6.07, 6.45) is 5.70. The van der Waals surface area contributed by atoms with E-state index in [1.54, 1.807) is 30.4 Å². The van der Waals surface area contributed by atoms with Gasteiger partial charge in [0.05, 0.1) is 11.7 Å². The number of rotatable bonds is 6. The zero-order valence-corrected chi connectivity index (χ0v) is 13.9. The van der Waals surface area contributed by atoms with Crippen molar-refractivity contribution in [3.63, 3.8) is 0 Å². The van der Waals surface area contributed by atoms with Crippen LogP contribution in [0.5, 0.6) is 5.75 Å². The fourth-order valence-corrected chi connectivity index (χ4v) is 2.77. The summed E-state index contributed by atoms with van der Waals surface area (Å²) >= 11 is 0. The first-order valence-electron chi connectivity index (χ1n) is 8.22. The molecule has 1 aromatic heterocycles. The number of nitrogens with zero attached hydrogens (tertiary/aromatic N) is 2. The van der Waals surface area contributed by atoms with Crippen molar-refractivity contribution in [1.82, 2.24) is 9.88 Å². The first kappa shape index (κ1) is 16.5. The molecule has 1 saturated heterocycles. The first-order valence-corrected chi connectivity index (χ1v) is 8.22. The first-order chi connectivity index (χ1) is 11.7. The molecule has 1 aliphatic heterocycles. The molecule has 0 N–H and O–H groups in total. The minimum absolute atomic E-state index is 0.0678. The van der Waals surface area contributed by atoms with Gasteiger partial charge in [-0.3, -0.25) is 9.78 Å². The molecule has 3 rings (SSSR count). The van der Waals surface area contributed by atoms with E-state index in [0.717, 1.165) is 25.0 Å². The molecule has 0 spiro atoms. The van der Waals surface area contributed by atoms with Crippen LogP contribution in [0.25, 0.3) is 0 Å². The molecule has 5 nitrogen and oxygen atoms in total. The minimum atomic E-state index is -0.0678. The van der Waals surface area contributed by atoms with Gasteiger partial charge in [-0.25, -0.2) is 0 Å². The molecule has 1 amide bonds. The number of para-hydroxylation sites is 1. The lowest BCUT2D eigenvalue weighted by Crippen LogP contribution is -2.27. The highest BCUT2D eigenvalue weighted by molar-refractivity contribution is 5.96. The Morgan fingerprint density at radius 1 is 1.33 bits per heavy atom. The van der Waals surface area contributed by atoms with Gasteiger partial charge in [-0.2, -0.15) is 0 Å². The summed E-state index contributed by atoms with van der Waals surface area (Å²) in [5.74, 6) is 0.540. The maximum absolute atomic E-state index is 12.8. The van der Waals surface area contributed by atoms with Gasteiger partial charge in [0.25, 0.3) is 5.91 Å². The van der Waals surface area contributed by atoms with Crippen LogP contribution in [-0.4, -0.2) is 42.2 Å². The topological polar surface area (TPSA) is 51.7 Å². The smallest absolute Gasteiger partial charge is 0.257 e. The van der Waals surface area contributed by atoms with Gasteiger partial charge < -0.3 is 14.4 Å². The largest absolute Gasteiger partial charge is 0.490 e. The van der Waals surface area contributed by atoms with Gasteiger partial charge in [0.1, 0.15) is 12.4 Å².